The number of carbonyl (C=O) groups excluding carboxylic acids is 1. The number of phosphoric acid groups is 1. The second-order valence-corrected chi connectivity index (χ2v) is 7.87. The molecular formula is C17H19N2O7PS. The molecule has 0 saturated carbocycles. The zero-order valence-electron chi connectivity index (χ0n) is 15.5. The topological polar surface area (TPSA) is 113 Å². The summed E-state index contributed by atoms with van der Waals surface area (Å²) in [6.07, 6.45) is 3.16. The molecule has 0 amide bonds. The van der Waals surface area contributed by atoms with Crippen molar-refractivity contribution in [2.45, 2.75) is 20.8 Å². The summed E-state index contributed by atoms with van der Waals surface area (Å²) in [4.78, 5) is 27.5. The van der Waals surface area contributed by atoms with Gasteiger partial charge in [0.1, 0.15) is 5.04 Å². The van der Waals surface area contributed by atoms with Crippen LogP contribution < -0.4 is 0 Å². The van der Waals surface area contributed by atoms with Gasteiger partial charge in [0.05, 0.1) is 18.8 Å². The summed E-state index contributed by atoms with van der Waals surface area (Å²) in [5.74, 6) is -0.895. The molecule has 0 fully saturated rings. The largest absolute Gasteiger partial charge is 0.550 e. The lowest BCUT2D eigenvalue weighted by Gasteiger charge is -2.13. The van der Waals surface area contributed by atoms with Crippen molar-refractivity contribution in [1.29, 1.82) is 0 Å². The minimum atomic E-state index is -3.81. The molecular weight excluding hydrogens is 407 g/mol. The number of benzene rings is 1. The molecule has 150 valence electrons. The number of carbonyl (C=O) groups is 1. The van der Waals surface area contributed by atoms with E-state index in [0.29, 0.717) is 15.5 Å². The highest BCUT2D eigenvalue weighted by Crippen LogP contribution is 2.50. The molecule has 9 nitrogen and oxygen atoms in total. The van der Waals surface area contributed by atoms with E-state index in [1.165, 1.54) is 0 Å². The summed E-state index contributed by atoms with van der Waals surface area (Å²) >= 11 is 1.07. The number of aryl methyl sites for hydroxylation is 1. The Kier molecular flexibility index (Phi) is 8.13. The van der Waals surface area contributed by atoms with Crippen molar-refractivity contribution >= 4 is 36.2 Å². The zero-order valence-corrected chi connectivity index (χ0v) is 17.2. The Morgan fingerprint density at radius 2 is 1.82 bits per heavy atom. The number of thioether (sulfide) groups is 1. The second-order valence-electron chi connectivity index (χ2n) is 5.24. The maximum Gasteiger partial charge on any atom is 0.550 e. The standard InChI is InChI=1S/C17H19N2O7PS/c1-4-23-27(22,24-5-2)26-18-15-11-10-14(28-15)16(17(20)25-19-21)13-9-7-6-8-12(13)3/h6-11H,4-5H2,1-3H3. The number of hydrogen-bond donors (Lipinski definition) is 0. The van der Waals surface area contributed by atoms with Gasteiger partial charge >= 0.3 is 13.8 Å². The Balaban J connectivity index is 2.32. The Bertz CT molecular complexity index is 872. The lowest BCUT2D eigenvalue weighted by Crippen LogP contribution is -2.06. The minimum Gasteiger partial charge on any atom is -0.291 e. The lowest BCUT2D eigenvalue weighted by atomic mass is 10.0. The minimum absolute atomic E-state index is 0.123. The van der Waals surface area contributed by atoms with Gasteiger partial charge in [-0.1, -0.05) is 41.2 Å². The maximum atomic E-state index is 12.3. The Hall–Kier alpha value is -2.26. The van der Waals surface area contributed by atoms with Crippen molar-refractivity contribution in [2.24, 2.45) is 10.5 Å². The van der Waals surface area contributed by atoms with E-state index in [-0.39, 0.29) is 18.8 Å². The van der Waals surface area contributed by atoms with Crippen LogP contribution in [-0.4, -0.2) is 24.2 Å². The summed E-state index contributed by atoms with van der Waals surface area (Å²) in [7, 11) is -3.81. The summed E-state index contributed by atoms with van der Waals surface area (Å²) < 4.78 is 27.3. The molecule has 0 atom stereocenters. The molecule has 0 spiro atoms. The number of phosphoric ester groups is 1. The molecule has 0 radical (unpaired) electrons. The highest BCUT2D eigenvalue weighted by atomic mass is 32.2. The van der Waals surface area contributed by atoms with Gasteiger partial charge in [0.25, 0.3) is 0 Å². The first-order valence-corrected chi connectivity index (χ1v) is 10.6. The fraction of sp³-hybridized carbons (Fsp3) is 0.294. The molecule has 11 heteroatoms. The van der Waals surface area contributed by atoms with E-state index in [0.717, 1.165) is 17.3 Å². The predicted octanol–water partition coefficient (Wildman–Crippen LogP) is 4.74. The van der Waals surface area contributed by atoms with Crippen molar-refractivity contribution in [1.82, 2.24) is 0 Å². The van der Waals surface area contributed by atoms with Gasteiger partial charge < -0.3 is 0 Å². The number of oxime groups is 1. The van der Waals surface area contributed by atoms with Crippen molar-refractivity contribution < 1.29 is 27.9 Å². The molecule has 1 aromatic rings. The molecule has 0 unspecified atom stereocenters. The van der Waals surface area contributed by atoms with E-state index in [4.69, 9.17) is 13.7 Å². The summed E-state index contributed by atoms with van der Waals surface area (Å²) in [6.45, 7) is 5.36. The molecule has 1 heterocycles. The van der Waals surface area contributed by atoms with Crippen LogP contribution >= 0.6 is 19.6 Å². The molecule has 1 aliphatic rings. The van der Waals surface area contributed by atoms with Crippen LogP contribution in [0.1, 0.15) is 25.0 Å². The summed E-state index contributed by atoms with van der Waals surface area (Å²) in [5, 5.41) is 6.33. The molecule has 28 heavy (non-hydrogen) atoms. The number of nitrogens with zero attached hydrogens (tertiary/aromatic N) is 2. The first-order chi connectivity index (χ1) is 13.4. The summed E-state index contributed by atoms with van der Waals surface area (Å²) in [5.41, 5.74) is 1.54. The van der Waals surface area contributed by atoms with Gasteiger partial charge in [-0.15, -0.1) is 4.91 Å². The maximum absolute atomic E-state index is 12.3. The van der Waals surface area contributed by atoms with Crippen LogP contribution in [0.4, 0.5) is 0 Å². The predicted molar refractivity (Wildman–Crippen MR) is 106 cm³/mol. The van der Waals surface area contributed by atoms with Crippen LogP contribution in [0.25, 0.3) is 5.57 Å². The van der Waals surface area contributed by atoms with Gasteiger partial charge in [-0.3, -0.25) is 18.5 Å². The van der Waals surface area contributed by atoms with Crippen LogP contribution in [-0.2, 0) is 27.9 Å². The van der Waals surface area contributed by atoms with Crippen molar-refractivity contribution in [2.75, 3.05) is 13.2 Å². The third-order valence-corrected chi connectivity index (χ3v) is 5.79. The first kappa shape index (κ1) is 22.0. The smallest absolute Gasteiger partial charge is 0.291 e. The number of allylic oxidation sites excluding steroid dienone is 1. The van der Waals surface area contributed by atoms with Crippen LogP contribution in [0.15, 0.2) is 51.8 Å². The zero-order chi connectivity index (χ0) is 20.6. The van der Waals surface area contributed by atoms with Crippen LogP contribution in [0, 0.1) is 11.8 Å². The van der Waals surface area contributed by atoms with Crippen molar-refractivity contribution in [3.8, 4) is 0 Å². The highest BCUT2D eigenvalue weighted by Gasteiger charge is 2.29. The van der Waals surface area contributed by atoms with E-state index >= 15 is 0 Å². The van der Waals surface area contributed by atoms with Crippen molar-refractivity contribution in [3.63, 3.8) is 0 Å². The Labute approximate surface area is 166 Å². The third kappa shape index (κ3) is 5.62. The van der Waals surface area contributed by atoms with Gasteiger partial charge in [-0.2, -0.15) is 0 Å². The number of rotatable bonds is 9. The molecule has 0 N–H and O–H groups in total. The normalized spacial score (nSPS) is 16.9. The molecule has 0 aromatic heterocycles. The molecule has 2 rings (SSSR count). The van der Waals surface area contributed by atoms with Gasteiger partial charge in [0.15, 0.2) is 5.34 Å². The van der Waals surface area contributed by atoms with Gasteiger partial charge in [-0.05, 0) is 44.1 Å². The van der Waals surface area contributed by atoms with Gasteiger partial charge in [0.2, 0.25) is 0 Å². The fourth-order valence-corrected chi connectivity index (χ4v) is 4.19. The first-order valence-electron chi connectivity index (χ1n) is 8.30. The fourth-order valence-electron chi connectivity index (χ4n) is 2.28. The molecule has 0 aliphatic carbocycles. The van der Waals surface area contributed by atoms with Crippen LogP contribution in [0.5, 0.6) is 0 Å². The lowest BCUT2D eigenvalue weighted by molar-refractivity contribution is -0.136. The van der Waals surface area contributed by atoms with Gasteiger partial charge in [0, 0.05) is 4.91 Å². The number of hydrogen-bond acceptors (Lipinski definition) is 10. The molecule has 0 bridgehead atoms. The van der Waals surface area contributed by atoms with Crippen LogP contribution in [0.2, 0.25) is 0 Å². The van der Waals surface area contributed by atoms with Crippen molar-refractivity contribution in [3.05, 3.63) is 57.4 Å². The monoisotopic (exact) mass is 426 g/mol. The third-order valence-electron chi connectivity index (χ3n) is 3.38. The molecule has 1 aliphatic heterocycles. The average Bonchev–Trinajstić information content (AvgIpc) is 3.11. The van der Waals surface area contributed by atoms with E-state index in [1.54, 1.807) is 38.1 Å². The molecule has 1 aromatic carbocycles. The van der Waals surface area contributed by atoms with E-state index in [2.05, 4.69) is 15.3 Å². The van der Waals surface area contributed by atoms with Crippen LogP contribution in [0.3, 0.4) is 0 Å². The second kappa shape index (κ2) is 10.3. The van der Waals surface area contributed by atoms with Gasteiger partial charge in [-0.25, -0.2) is 9.36 Å². The Morgan fingerprint density at radius 1 is 1.14 bits per heavy atom. The molecule has 0 saturated heterocycles. The summed E-state index contributed by atoms with van der Waals surface area (Å²) in [6, 6.07) is 7.12. The quantitative estimate of drug-likeness (QED) is 0.241. The van der Waals surface area contributed by atoms with E-state index in [9.17, 15) is 14.3 Å². The van der Waals surface area contributed by atoms with E-state index in [1.807, 2.05) is 19.1 Å². The Morgan fingerprint density at radius 3 is 2.43 bits per heavy atom. The van der Waals surface area contributed by atoms with E-state index < -0.39 is 13.8 Å². The highest BCUT2D eigenvalue weighted by molar-refractivity contribution is 8.18. The SMILES string of the molecule is CCOP(=O)(OCC)ON=C1C=CC(=C(C(=O)ON=O)c2ccccc2C)S1. The average molecular weight is 426 g/mol.